The highest BCUT2D eigenvalue weighted by molar-refractivity contribution is 5.95. The van der Waals surface area contributed by atoms with Gasteiger partial charge in [-0.05, 0) is 37.3 Å². The van der Waals surface area contributed by atoms with Crippen molar-refractivity contribution in [3.05, 3.63) is 34.9 Å². The number of likely N-dealkylation sites (tertiary alicyclic amines) is 1. The maximum atomic E-state index is 13.8. The van der Waals surface area contributed by atoms with Crippen LogP contribution in [-0.4, -0.2) is 29.9 Å². The average molecular weight is 282 g/mol. The maximum absolute atomic E-state index is 13.8. The van der Waals surface area contributed by atoms with Gasteiger partial charge in [0.1, 0.15) is 11.6 Å². The summed E-state index contributed by atoms with van der Waals surface area (Å²) < 4.78 is 27.1. The Morgan fingerprint density at radius 2 is 2.10 bits per heavy atom. The number of carbonyl (C=O) groups is 1. The Morgan fingerprint density at radius 3 is 2.75 bits per heavy atom. The van der Waals surface area contributed by atoms with E-state index >= 15 is 0 Å². The van der Waals surface area contributed by atoms with Gasteiger partial charge >= 0.3 is 0 Å². The Labute approximate surface area is 117 Å². The van der Waals surface area contributed by atoms with E-state index in [1.54, 1.807) is 4.90 Å². The summed E-state index contributed by atoms with van der Waals surface area (Å²) in [4.78, 5) is 14.1. The number of amides is 1. The van der Waals surface area contributed by atoms with Crippen LogP contribution in [0.25, 0.3) is 0 Å². The monoisotopic (exact) mass is 282 g/mol. The second-order valence-electron chi connectivity index (χ2n) is 5.60. The summed E-state index contributed by atoms with van der Waals surface area (Å²) in [6, 6.07) is 1.97. The van der Waals surface area contributed by atoms with Crippen LogP contribution in [0.5, 0.6) is 0 Å². The van der Waals surface area contributed by atoms with E-state index in [0.29, 0.717) is 19.0 Å². The van der Waals surface area contributed by atoms with Gasteiger partial charge in [-0.25, -0.2) is 8.78 Å². The number of nitrogens with two attached hydrogens (primary N) is 1. The third-order valence-corrected chi connectivity index (χ3v) is 3.99. The van der Waals surface area contributed by atoms with Gasteiger partial charge in [-0.3, -0.25) is 4.79 Å². The van der Waals surface area contributed by atoms with E-state index in [9.17, 15) is 13.6 Å². The molecule has 110 valence electrons. The van der Waals surface area contributed by atoms with Crippen LogP contribution in [0.1, 0.15) is 35.7 Å². The molecule has 3 nitrogen and oxygen atoms in total. The molecule has 0 spiro atoms. The fraction of sp³-hybridized carbons (Fsp3) is 0.533. The number of carbonyl (C=O) groups excluding carboxylic acids is 1. The first kappa shape index (κ1) is 14.9. The highest BCUT2D eigenvalue weighted by Gasteiger charge is 2.31. The summed E-state index contributed by atoms with van der Waals surface area (Å²) in [6.07, 6.45) is 1.70. The molecule has 0 aliphatic carbocycles. The number of rotatable bonds is 2. The number of nitrogens with zero attached hydrogens (tertiary/aromatic N) is 1. The van der Waals surface area contributed by atoms with Crippen molar-refractivity contribution in [1.82, 2.24) is 4.90 Å². The Hall–Kier alpha value is -1.49. The molecular weight excluding hydrogens is 262 g/mol. The minimum Gasteiger partial charge on any atom is -0.334 e. The molecule has 1 fully saturated rings. The standard InChI is InChI=1S/C15H20F2N2O/c1-9-3-4-19(11(5-9)8-18)15(20)12-6-10(2)13(16)7-14(12)17/h6-7,9,11H,3-5,8,18H2,1-2H3. The zero-order valence-electron chi connectivity index (χ0n) is 11.8. The smallest absolute Gasteiger partial charge is 0.257 e. The number of benzene rings is 1. The topological polar surface area (TPSA) is 46.3 Å². The lowest BCUT2D eigenvalue weighted by molar-refractivity contribution is 0.0568. The number of hydrogen-bond donors (Lipinski definition) is 1. The summed E-state index contributed by atoms with van der Waals surface area (Å²) in [5.74, 6) is -1.34. The summed E-state index contributed by atoms with van der Waals surface area (Å²) in [6.45, 7) is 4.56. The van der Waals surface area contributed by atoms with Gasteiger partial charge in [-0.2, -0.15) is 0 Å². The molecule has 0 aromatic heterocycles. The van der Waals surface area contributed by atoms with Gasteiger partial charge in [-0.1, -0.05) is 6.92 Å². The summed E-state index contributed by atoms with van der Waals surface area (Å²) >= 11 is 0. The third kappa shape index (κ3) is 2.82. The number of hydrogen-bond acceptors (Lipinski definition) is 2. The highest BCUT2D eigenvalue weighted by atomic mass is 19.1. The van der Waals surface area contributed by atoms with Crippen molar-refractivity contribution < 1.29 is 13.6 Å². The van der Waals surface area contributed by atoms with Crippen LogP contribution in [0.4, 0.5) is 8.78 Å². The van der Waals surface area contributed by atoms with Gasteiger partial charge in [0, 0.05) is 25.2 Å². The van der Waals surface area contributed by atoms with Crippen molar-refractivity contribution in [2.45, 2.75) is 32.7 Å². The van der Waals surface area contributed by atoms with Crippen molar-refractivity contribution >= 4 is 5.91 Å². The van der Waals surface area contributed by atoms with E-state index in [1.165, 1.54) is 13.0 Å². The molecule has 1 aromatic carbocycles. The SMILES string of the molecule is Cc1cc(C(=O)N2CCC(C)CC2CN)c(F)cc1F. The van der Waals surface area contributed by atoms with Gasteiger partial charge in [0.2, 0.25) is 0 Å². The Kier molecular flexibility index (Phi) is 4.38. The third-order valence-electron chi connectivity index (χ3n) is 3.99. The van der Waals surface area contributed by atoms with Crippen molar-refractivity contribution in [2.24, 2.45) is 11.7 Å². The van der Waals surface area contributed by atoms with Crippen molar-refractivity contribution in [3.8, 4) is 0 Å². The number of piperidine rings is 1. The zero-order chi connectivity index (χ0) is 14.9. The summed E-state index contributed by atoms with van der Waals surface area (Å²) in [5, 5.41) is 0. The van der Waals surface area contributed by atoms with E-state index < -0.39 is 17.5 Å². The van der Waals surface area contributed by atoms with E-state index in [4.69, 9.17) is 5.73 Å². The zero-order valence-corrected chi connectivity index (χ0v) is 11.8. The molecule has 1 aliphatic rings. The lowest BCUT2D eigenvalue weighted by Gasteiger charge is -2.38. The predicted molar refractivity (Wildman–Crippen MR) is 73.4 cm³/mol. The Morgan fingerprint density at radius 1 is 1.40 bits per heavy atom. The van der Waals surface area contributed by atoms with Crippen LogP contribution in [0.3, 0.4) is 0 Å². The van der Waals surface area contributed by atoms with Crippen molar-refractivity contribution in [3.63, 3.8) is 0 Å². The molecular formula is C15H20F2N2O. The Balaban J connectivity index is 2.28. The molecule has 5 heteroatoms. The van der Waals surface area contributed by atoms with E-state index in [1.807, 2.05) is 0 Å². The minimum atomic E-state index is -0.813. The Bertz CT molecular complexity index is 519. The molecule has 0 saturated carbocycles. The molecule has 2 unspecified atom stereocenters. The first-order chi connectivity index (χ1) is 9.43. The molecule has 2 N–H and O–H groups in total. The van der Waals surface area contributed by atoms with Gasteiger partial charge < -0.3 is 10.6 Å². The van der Waals surface area contributed by atoms with Crippen LogP contribution < -0.4 is 5.73 Å². The number of halogens is 2. The number of aryl methyl sites for hydroxylation is 1. The molecule has 1 saturated heterocycles. The van der Waals surface area contributed by atoms with Crippen LogP contribution >= 0.6 is 0 Å². The van der Waals surface area contributed by atoms with Gasteiger partial charge in [0.25, 0.3) is 5.91 Å². The predicted octanol–water partition coefficient (Wildman–Crippen LogP) is 2.47. The van der Waals surface area contributed by atoms with E-state index in [-0.39, 0.29) is 17.2 Å². The lowest BCUT2D eigenvalue weighted by atomic mass is 9.91. The van der Waals surface area contributed by atoms with Crippen LogP contribution in [0, 0.1) is 24.5 Å². The molecule has 2 atom stereocenters. The van der Waals surface area contributed by atoms with Gasteiger partial charge in [0.05, 0.1) is 5.56 Å². The molecule has 1 heterocycles. The average Bonchev–Trinajstić information content (AvgIpc) is 2.42. The molecule has 1 aliphatic heterocycles. The maximum Gasteiger partial charge on any atom is 0.257 e. The van der Waals surface area contributed by atoms with Gasteiger partial charge in [-0.15, -0.1) is 0 Å². The summed E-state index contributed by atoms with van der Waals surface area (Å²) in [5.41, 5.74) is 5.91. The fourth-order valence-electron chi connectivity index (χ4n) is 2.72. The van der Waals surface area contributed by atoms with Crippen LogP contribution in [0.2, 0.25) is 0 Å². The quantitative estimate of drug-likeness (QED) is 0.905. The summed E-state index contributed by atoms with van der Waals surface area (Å²) in [7, 11) is 0. The molecule has 0 bridgehead atoms. The minimum absolute atomic E-state index is 0.0723. The second-order valence-corrected chi connectivity index (χ2v) is 5.60. The first-order valence-electron chi connectivity index (χ1n) is 6.90. The first-order valence-corrected chi connectivity index (χ1v) is 6.90. The van der Waals surface area contributed by atoms with Crippen molar-refractivity contribution in [1.29, 1.82) is 0 Å². The second kappa shape index (κ2) is 5.87. The molecule has 2 rings (SSSR count). The molecule has 0 radical (unpaired) electrons. The lowest BCUT2D eigenvalue weighted by Crippen LogP contribution is -2.49. The van der Waals surface area contributed by atoms with Crippen molar-refractivity contribution in [2.75, 3.05) is 13.1 Å². The van der Waals surface area contributed by atoms with E-state index in [2.05, 4.69) is 6.92 Å². The van der Waals surface area contributed by atoms with Gasteiger partial charge in [0.15, 0.2) is 0 Å². The molecule has 1 aromatic rings. The fourth-order valence-corrected chi connectivity index (χ4v) is 2.72. The molecule has 1 amide bonds. The van der Waals surface area contributed by atoms with Crippen LogP contribution in [0.15, 0.2) is 12.1 Å². The largest absolute Gasteiger partial charge is 0.334 e. The highest BCUT2D eigenvalue weighted by Crippen LogP contribution is 2.25. The molecule has 20 heavy (non-hydrogen) atoms. The van der Waals surface area contributed by atoms with Crippen LogP contribution in [-0.2, 0) is 0 Å². The normalized spacial score (nSPS) is 22.9. The van der Waals surface area contributed by atoms with E-state index in [0.717, 1.165) is 18.9 Å².